The molecule has 1 aromatic carbocycles. The van der Waals surface area contributed by atoms with Crippen molar-refractivity contribution in [1.29, 1.82) is 0 Å². The molecule has 0 aliphatic carbocycles. The van der Waals surface area contributed by atoms with Gasteiger partial charge in [0.2, 0.25) is 0 Å². The third-order valence-corrected chi connectivity index (χ3v) is 5.31. The molecular formula is C19H29FIN5S. The topological polar surface area (TPSA) is 54.2 Å². The number of guanidine groups is 1. The van der Waals surface area contributed by atoms with Crippen molar-refractivity contribution in [1.82, 2.24) is 20.4 Å². The Bertz CT molecular complexity index is 763. The van der Waals surface area contributed by atoms with Gasteiger partial charge in [-0.05, 0) is 44.9 Å². The molecule has 1 unspecified atom stereocenters. The minimum atomic E-state index is -0.171. The zero-order chi connectivity index (χ0) is 19.1. The van der Waals surface area contributed by atoms with Crippen LogP contribution < -0.4 is 10.6 Å². The van der Waals surface area contributed by atoms with Gasteiger partial charge in [-0.1, -0.05) is 12.1 Å². The van der Waals surface area contributed by atoms with Crippen molar-refractivity contribution in [2.24, 2.45) is 12.0 Å². The number of hydrogen-bond acceptors (Lipinski definition) is 3. The number of halogens is 2. The highest BCUT2D eigenvalue weighted by atomic mass is 127. The number of nitrogens with zero attached hydrogens (tertiary/aromatic N) is 3. The maximum absolute atomic E-state index is 13.6. The summed E-state index contributed by atoms with van der Waals surface area (Å²) in [6.07, 6.45) is 0.885. The van der Waals surface area contributed by atoms with Crippen LogP contribution in [-0.4, -0.2) is 41.1 Å². The van der Waals surface area contributed by atoms with Crippen molar-refractivity contribution in [3.63, 3.8) is 0 Å². The molecule has 27 heavy (non-hydrogen) atoms. The Labute approximate surface area is 182 Å². The molecule has 0 radical (unpaired) electrons. The number of hydrogen-bond donors (Lipinski definition) is 2. The molecular weight excluding hydrogens is 476 g/mol. The van der Waals surface area contributed by atoms with Crippen molar-refractivity contribution in [2.75, 3.05) is 19.3 Å². The molecule has 0 saturated carbocycles. The van der Waals surface area contributed by atoms with Crippen molar-refractivity contribution in [3.8, 4) is 0 Å². The molecule has 2 N–H and O–H groups in total. The van der Waals surface area contributed by atoms with Gasteiger partial charge in [-0.3, -0.25) is 9.67 Å². The lowest BCUT2D eigenvalue weighted by molar-refractivity contribution is 0.602. The van der Waals surface area contributed by atoms with Crippen LogP contribution >= 0.6 is 35.7 Å². The quantitative estimate of drug-likeness (QED) is 0.198. The lowest BCUT2D eigenvalue weighted by Crippen LogP contribution is -2.43. The summed E-state index contributed by atoms with van der Waals surface area (Å²) >= 11 is 1.50. The summed E-state index contributed by atoms with van der Waals surface area (Å²) < 4.78 is 15.5. The van der Waals surface area contributed by atoms with E-state index in [0.717, 1.165) is 23.8 Å². The Morgan fingerprint density at radius 1 is 1.33 bits per heavy atom. The van der Waals surface area contributed by atoms with Gasteiger partial charge in [-0.15, -0.1) is 35.7 Å². The van der Waals surface area contributed by atoms with Crippen molar-refractivity contribution >= 4 is 41.7 Å². The fourth-order valence-corrected chi connectivity index (χ4v) is 3.60. The summed E-state index contributed by atoms with van der Waals surface area (Å²) in [5.41, 5.74) is 3.54. The van der Waals surface area contributed by atoms with Gasteiger partial charge in [0, 0.05) is 43.0 Å². The van der Waals surface area contributed by atoms with Gasteiger partial charge in [0.1, 0.15) is 5.82 Å². The van der Waals surface area contributed by atoms with E-state index in [1.165, 1.54) is 29.1 Å². The lowest BCUT2D eigenvalue weighted by Gasteiger charge is -2.18. The fourth-order valence-electron chi connectivity index (χ4n) is 2.79. The number of aliphatic imine (C=N–C) groups is 1. The molecule has 8 heteroatoms. The number of aryl methyl sites for hydroxylation is 2. The molecule has 5 nitrogen and oxygen atoms in total. The number of aromatic nitrogens is 2. The predicted molar refractivity (Wildman–Crippen MR) is 123 cm³/mol. The summed E-state index contributed by atoms with van der Waals surface area (Å²) in [6, 6.07) is 7.07. The SMILES string of the molecule is CN=C(NCCSc1ccccc1F)NC(C)Cc1c(C)nn(C)c1C.I. The number of benzene rings is 1. The predicted octanol–water partition coefficient (Wildman–Crippen LogP) is 3.68. The molecule has 0 aliphatic heterocycles. The van der Waals surface area contributed by atoms with Gasteiger partial charge in [0.25, 0.3) is 0 Å². The van der Waals surface area contributed by atoms with Crippen LogP contribution in [-0.2, 0) is 13.5 Å². The Kier molecular flexibility index (Phi) is 10.1. The molecule has 1 aromatic heterocycles. The summed E-state index contributed by atoms with van der Waals surface area (Å²) in [5, 5.41) is 11.2. The van der Waals surface area contributed by atoms with Crippen LogP contribution in [0.3, 0.4) is 0 Å². The van der Waals surface area contributed by atoms with E-state index in [4.69, 9.17) is 0 Å². The first-order valence-electron chi connectivity index (χ1n) is 8.76. The second-order valence-corrected chi connectivity index (χ2v) is 7.44. The number of thioether (sulfide) groups is 1. The second-order valence-electron chi connectivity index (χ2n) is 6.30. The first-order chi connectivity index (χ1) is 12.4. The monoisotopic (exact) mass is 505 g/mol. The average molecular weight is 505 g/mol. The summed E-state index contributed by atoms with van der Waals surface area (Å²) in [5.74, 6) is 1.35. The minimum absolute atomic E-state index is 0. The van der Waals surface area contributed by atoms with Crippen molar-refractivity contribution in [2.45, 2.75) is 38.1 Å². The van der Waals surface area contributed by atoms with Crippen LogP contribution in [0, 0.1) is 19.7 Å². The van der Waals surface area contributed by atoms with E-state index in [9.17, 15) is 4.39 Å². The molecule has 2 aromatic rings. The summed E-state index contributed by atoms with van der Waals surface area (Å²) in [7, 11) is 3.73. The van der Waals surface area contributed by atoms with Crippen molar-refractivity contribution in [3.05, 3.63) is 47.0 Å². The van der Waals surface area contributed by atoms with E-state index in [1.54, 1.807) is 19.2 Å². The zero-order valence-electron chi connectivity index (χ0n) is 16.5. The van der Waals surface area contributed by atoms with Crippen molar-refractivity contribution < 1.29 is 4.39 Å². The second kappa shape index (κ2) is 11.5. The maximum Gasteiger partial charge on any atom is 0.191 e. The van der Waals surface area contributed by atoms with Gasteiger partial charge < -0.3 is 10.6 Å². The molecule has 0 saturated heterocycles. The molecule has 0 fully saturated rings. The average Bonchev–Trinajstić information content (AvgIpc) is 2.85. The van der Waals surface area contributed by atoms with Crippen LogP contribution in [0.5, 0.6) is 0 Å². The normalized spacial score (nSPS) is 12.4. The van der Waals surface area contributed by atoms with Gasteiger partial charge >= 0.3 is 0 Å². The third kappa shape index (κ3) is 6.99. The number of nitrogens with one attached hydrogen (secondary N) is 2. The lowest BCUT2D eigenvalue weighted by atomic mass is 10.1. The van der Waals surface area contributed by atoms with Crippen LogP contribution in [0.4, 0.5) is 4.39 Å². The minimum Gasteiger partial charge on any atom is -0.356 e. The Balaban J connectivity index is 0.00000364. The van der Waals surface area contributed by atoms with Gasteiger partial charge in [-0.25, -0.2) is 4.39 Å². The Morgan fingerprint density at radius 2 is 2.04 bits per heavy atom. The first kappa shape index (κ1) is 23.7. The van der Waals surface area contributed by atoms with Gasteiger partial charge in [0.15, 0.2) is 5.96 Å². The number of rotatable bonds is 7. The molecule has 0 bridgehead atoms. The molecule has 150 valence electrons. The largest absolute Gasteiger partial charge is 0.356 e. The Morgan fingerprint density at radius 3 is 2.63 bits per heavy atom. The van der Waals surface area contributed by atoms with Gasteiger partial charge in [-0.2, -0.15) is 5.10 Å². The third-order valence-electron chi connectivity index (χ3n) is 4.26. The van der Waals surface area contributed by atoms with E-state index in [-0.39, 0.29) is 35.8 Å². The van der Waals surface area contributed by atoms with Crippen LogP contribution in [0.2, 0.25) is 0 Å². The van der Waals surface area contributed by atoms with E-state index in [0.29, 0.717) is 11.4 Å². The highest BCUT2D eigenvalue weighted by Gasteiger charge is 2.14. The Hall–Kier alpha value is -1.29. The van der Waals surface area contributed by atoms with E-state index in [1.807, 2.05) is 24.7 Å². The molecule has 0 spiro atoms. The smallest absolute Gasteiger partial charge is 0.191 e. The molecule has 0 amide bonds. The van der Waals surface area contributed by atoms with Gasteiger partial charge in [0.05, 0.1) is 5.69 Å². The highest BCUT2D eigenvalue weighted by molar-refractivity contribution is 14.0. The van der Waals surface area contributed by atoms with E-state index < -0.39 is 0 Å². The maximum atomic E-state index is 13.6. The molecule has 1 atom stereocenters. The standard InChI is InChI=1S/C19H28FN5S.HI/c1-13(12-16-14(2)24-25(5)15(16)3)23-19(21-4)22-10-11-26-18-9-7-6-8-17(18)20;/h6-9,13H,10-12H2,1-5H3,(H2,21,22,23);1H. The summed E-state index contributed by atoms with van der Waals surface area (Å²) in [6.45, 7) is 6.97. The highest BCUT2D eigenvalue weighted by Crippen LogP contribution is 2.20. The first-order valence-corrected chi connectivity index (χ1v) is 9.74. The van der Waals surface area contributed by atoms with Crippen LogP contribution in [0.25, 0.3) is 0 Å². The van der Waals surface area contributed by atoms with Crippen LogP contribution in [0.1, 0.15) is 23.9 Å². The zero-order valence-corrected chi connectivity index (χ0v) is 19.7. The van der Waals surface area contributed by atoms with E-state index in [2.05, 4.69) is 34.6 Å². The van der Waals surface area contributed by atoms with Crippen LogP contribution in [0.15, 0.2) is 34.2 Å². The van der Waals surface area contributed by atoms with E-state index >= 15 is 0 Å². The molecule has 1 heterocycles. The summed E-state index contributed by atoms with van der Waals surface area (Å²) in [4.78, 5) is 4.95. The molecule has 0 aliphatic rings. The molecule has 2 rings (SSSR count). The fraction of sp³-hybridized carbons (Fsp3) is 0.474.